The van der Waals surface area contributed by atoms with Crippen molar-refractivity contribution in [1.29, 1.82) is 0 Å². The Kier molecular flexibility index (Phi) is 4.16. The second-order valence-electron chi connectivity index (χ2n) is 2.38. The van der Waals surface area contributed by atoms with Gasteiger partial charge < -0.3 is 4.74 Å². The second kappa shape index (κ2) is 7.58. The van der Waals surface area contributed by atoms with Crippen LogP contribution in [0.25, 0.3) is 0 Å². The zero-order chi connectivity index (χ0) is 11.0. The molecule has 0 radical (unpaired) electrons. The van der Waals surface area contributed by atoms with Crippen molar-refractivity contribution in [3.8, 4) is 0 Å². The van der Waals surface area contributed by atoms with Crippen molar-refractivity contribution in [1.82, 2.24) is 0 Å². The molecule has 0 heterocycles. The molecule has 0 atom stereocenters. The predicted molar refractivity (Wildman–Crippen MR) is 45.4 cm³/mol. The number of hydrogen-bond acceptors (Lipinski definition) is 2. The van der Waals surface area contributed by atoms with E-state index < -0.39 is 6.85 Å². The molecule has 2 heteroatoms. The van der Waals surface area contributed by atoms with Gasteiger partial charge in [0, 0.05) is 10.5 Å². The summed E-state index contributed by atoms with van der Waals surface area (Å²) in [4.78, 5) is 10.7. The van der Waals surface area contributed by atoms with Crippen LogP contribution in [0.2, 0.25) is 0 Å². The molecule has 0 aromatic heterocycles. The second-order valence-corrected chi connectivity index (χ2v) is 2.38. The Labute approximate surface area is 73.1 Å². The molecular formula is C9H18O2. The molecule has 0 aliphatic heterocycles. The quantitative estimate of drug-likeness (QED) is 0.442. The van der Waals surface area contributed by atoms with Gasteiger partial charge in [0.1, 0.15) is 0 Å². The van der Waals surface area contributed by atoms with Crippen LogP contribution in [-0.2, 0) is 9.53 Å². The number of carbonyl (C=O) groups excluding carboxylic acids is 1. The predicted octanol–water partition coefficient (Wildman–Crippen LogP) is 2.52. The molecule has 11 heavy (non-hydrogen) atoms. The van der Waals surface area contributed by atoms with Gasteiger partial charge in [-0.25, -0.2) is 0 Å². The summed E-state index contributed by atoms with van der Waals surface area (Å²) in [5, 5.41) is 0. The largest absolute Gasteiger partial charge is 0.466 e. The molecule has 0 saturated carbocycles. The third-order valence-electron chi connectivity index (χ3n) is 1.37. The van der Waals surface area contributed by atoms with E-state index in [1.165, 1.54) is 0 Å². The van der Waals surface area contributed by atoms with E-state index in [0.29, 0.717) is 19.4 Å². The van der Waals surface area contributed by atoms with Crippen LogP contribution in [-0.4, -0.2) is 12.6 Å². The van der Waals surface area contributed by atoms with Crippen molar-refractivity contribution in [2.45, 2.75) is 45.9 Å². The van der Waals surface area contributed by atoms with Crippen LogP contribution in [0, 0.1) is 0 Å². The minimum absolute atomic E-state index is 0.194. The van der Waals surface area contributed by atoms with Crippen LogP contribution in [0.4, 0.5) is 0 Å². The van der Waals surface area contributed by atoms with E-state index in [4.69, 9.17) is 8.85 Å². The molecule has 0 spiro atoms. The van der Waals surface area contributed by atoms with Crippen LogP contribution >= 0.6 is 0 Å². The molecule has 2 nitrogen and oxygen atoms in total. The van der Waals surface area contributed by atoms with Crippen LogP contribution < -0.4 is 0 Å². The Morgan fingerprint density at radius 2 is 2.27 bits per heavy atom. The lowest BCUT2D eigenvalue weighted by molar-refractivity contribution is -0.143. The minimum atomic E-state index is -1.82. The molecule has 0 aliphatic rings. The third-order valence-corrected chi connectivity index (χ3v) is 1.37. The molecule has 0 aromatic carbocycles. The number of hydrogen-bond donors (Lipinski definition) is 0. The molecule has 0 aliphatic carbocycles. The Bertz CT molecular complexity index is 166. The molecule has 0 amide bonds. The lowest BCUT2D eigenvalue weighted by atomic mass is 10.2. The number of rotatable bonds is 6. The zero-order valence-corrected chi connectivity index (χ0v) is 7.06. The SMILES string of the molecule is [2H]C([2H])([2H])CCCCCOC(=O)CC. The first-order valence-corrected chi connectivity index (χ1v) is 4.11. The number of carbonyl (C=O) groups is 1. The van der Waals surface area contributed by atoms with E-state index in [-0.39, 0.29) is 12.4 Å². The number of ether oxygens (including phenoxy) is 1. The average Bonchev–Trinajstić information content (AvgIpc) is 2.08. The lowest BCUT2D eigenvalue weighted by Crippen LogP contribution is -2.03. The van der Waals surface area contributed by atoms with Gasteiger partial charge in [0.05, 0.1) is 6.61 Å². The van der Waals surface area contributed by atoms with Gasteiger partial charge in [0.25, 0.3) is 0 Å². The lowest BCUT2D eigenvalue weighted by Gasteiger charge is -2.01. The van der Waals surface area contributed by atoms with Crippen LogP contribution in [0.5, 0.6) is 0 Å². The number of esters is 1. The maximum Gasteiger partial charge on any atom is 0.305 e. The number of unbranched alkanes of at least 4 members (excludes halogenated alkanes) is 2. The van der Waals surface area contributed by atoms with Crippen molar-refractivity contribution in [2.75, 3.05) is 6.61 Å². The molecular weight excluding hydrogens is 140 g/mol. The highest BCUT2D eigenvalue weighted by Gasteiger charge is 1.95. The molecule has 0 saturated heterocycles. The normalized spacial score (nSPS) is 14.8. The van der Waals surface area contributed by atoms with Gasteiger partial charge in [-0.05, 0) is 6.42 Å². The Morgan fingerprint density at radius 3 is 2.91 bits per heavy atom. The highest BCUT2D eigenvalue weighted by molar-refractivity contribution is 5.68. The highest BCUT2D eigenvalue weighted by atomic mass is 16.5. The first kappa shape index (κ1) is 6.04. The third kappa shape index (κ3) is 7.37. The zero-order valence-electron chi connectivity index (χ0n) is 10.1. The van der Waals surface area contributed by atoms with Crippen molar-refractivity contribution >= 4 is 5.97 Å². The van der Waals surface area contributed by atoms with Gasteiger partial charge in [0.15, 0.2) is 0 Å². The van der Waals surface area contributed by atoms with Gasteiger partial charge in [-0.3, -0.25) is 4.79 Å². The Hall–Kier alpha value is -0.530. The Balaban J connectivity index is 3.18. The van der Waals surface area contributed by atoms with E-state index >= 15 is 0 Å². The molecule has 66 valence electrons. The molecule has 0 aromatic rings. The summed E-state index contributed by atoms with van der Waals surface area (Å²) < 4.78 is 25.7. The average molecular weight is 161 g/mol. The van der Waals surface area contributed by atoms with Gasteiger partial charge in [-0.2, -0.15) is 0 Å². The first-order chi connectivity index (χ1) is 6.45. The topological polar surface area (TPSA) is 26.3 Å². The molecule has 0 bridgehead atoms. The van der Waals surface area contributed by atoms with Crippen LogP contribution in [0.15, 0.2) is 0 Å². The maximum atomic E-state index is 10.7. The van der Waals surface area contributed by atoms with Gasteiger partial charge in [-0.15, -0.1) is 0 Å². The summed E-state index contributed by atoms with van der Waals surface area (Å²) in [6.07, 6.45) is 2.86. The fraction of sp³-hybridized carbons (Fsp3) is 0.889. The van der Waals surface area contributed by atoms with E-state index in [1.807, 2.05) is 0 Å². The van der Waals surface area contributed by atoms with E-state index in [9.17, 15) is 4.79 Å². The summed E-state index contributed by atoms with van der Waals surface area (Å²) in [7, 11) is 0. The van der Waals surface area contributed by atoms with Crippen molar-refractivity contribution < 1.29 is 13.6 Å². The Morgan fingerprint density at radius 1 is 1.45 bits per heavy atom. The fourth-order valence-corrected chi connectivity index (χ4v) is 0.692. The molecule has 0 N–H and O–H groups in total. The molecule has 0 unspecified atom stereocenters. The molecule has 0 rings (SSSR count). The van der Waals surface area contributed by atoms with Crippen LogP contribution in [0.3, 0.4) is 0 Å². The van der Waals surface area contributed by atoms with Gasteiger partial charge >= 0.3 is 5.97 Å². The standard InChI is InChI=1S/C9H18O2/c1-3-5-6-7-8-11-9(10)4-2/h3-8H2,1-2H3/i1D3. The maximum absolute atomic E-state index is 10.7. The van der Waals surface area contributed by atoms with Gasteiger partial charge in [-0.1, -0.05) is 33.0 Å². The summed E-state index contributed by atoms with van der Waals surface area (Å²) in [5.74, 6) is -0.194. The van der Waals surface area contributed by atoms with Crippen molar-refractivity contribution in [3.05, 3.63) is 0 Å². The van der Waals surface area contributed by atoms with E-state index in [0.717, 1.165) is 12.8 Å². The summed E-state index contributed by atoms with van der Waals surface area (Å²) in [5.41, 5.74) is 0. The molecule has 0 fully saturated rings. The monoisotopic (exact) mass is 161 g/mol. The van der Waals surface area contributed by atoms with Crippen molar-refractivity contribution in [3.63, 3.8) is 0 Å². The van der Waals surface area contributed by atoms with E-state index in [2.05, 4.69) is 0 Å². The first-order valence-electron chi connectivity index (χ1n) is 5.61. The summed E-state index contributed by atoms with van der Waals surface area (Å²) in [6.45, 7) is 0.338. The fourth-order valence-electron chi connectivity index (χ4n) is 0.692. The summed E-state index contributed by atoms with van der Waals surface area (Å²) in [6, 6.07) is 0. The van der Waals surface area contributed by atoms with Crippen LogP contribution in [0.1, 0.15) is 50.0 Å². The smallest absolute Gasteiger partial charge is 0.305 e. The van der Waals surface area contributed by atoms with Crippen molar-refractivity contribution in [2.24, 2.45) is 0 Å². The highest BCUT2D eigenvalue weighted by Crippen LogP contribution is 1.99. The van der Waals surface area contributed by atoms with Gasteiger partial charge in [0.2, 0.25) is 0 Å². The minimum Gasteiger partial charge on any atom is -0.466 e. The summed E-state index contributed by atoms with van der Waals surface area (Å²) >= 11 is 0. The van der Waals surface area contributed by atoms with E-state index in [1.54, 1.807) is 6.92 Å².